The predicted octanol–water partition coefficient (Wildman–Crippen LogP) is 3.43. The van der Waals surface area contributed by atoms with Gasteiger partial charge in [0.15, 0.2) is 5.96 Å². The fourth-order valence-corrected chi connectivity index (χ4v) is 2.30. The van der Waals surface area contributed by atoms with E-state index in [1.165, 1.54) is 0 Å². The molecular weight excluding hydrogens is 354 g/mol. The number of aliphatic imine (C=N–C) groups is 1. The first kappa shape index (κ1) is 21.5. The third-order valence-electron chi connectivity index (χ3n) is 4.13. The molecule has 0 spiro atoms. The fraction of sp³-hybridized carbons (Fsp3) is 0.476. The van der Waals surface area contributed by atoms with Gasteiger partial charge in [0, 0.05) is 30.6 Å². The minimum atomic E-state index is -0.0635. The van der Waals surface area contributed by atoms with Crippen molar-refractivity contribution in [2.75, 3.05) is 12.4 Å². The van der Waals surface area contributed by atoms with Gasteiger partial charge in [0.25, 0.3) is 0 Å². The Morgan fingerprint density at radius 2 is 1.79 bits per heavy atom. The smallest absolute Gasteiger partial charge is 0.226 e. The summed E-state index contributed by atoms with van der Waals surface area (Å²) in [6, 6.07) is 7.74. The number of hydrogen-bond acceptors (Lipinski definition) is 4. The molecule has 0 aliphatic heterocycles. The number of aromatic nitrogens is 1. The van der Waals surface area contributed by atoms with Gasteiger partial charge in [0.2, 0.25) is 11.8 Å². The lowest BCUT2D eigenvalue weighted by Crippen LogP contribution is -2.36. The topological polar surface area (TPSA) is 91.5 Å². The van der Waals surface area contributed by atoms with E-state index in [1.807, 2.05) is 38.1 Å². The molecule has 28 heavy (non-hydrogen) atoms. The molecule has 2 rings (SSSR count). The van der Waals surface area contributed by atoms with Gasteiger partial charge < -0.3 is 20.4 Å². The van der Waals surface area contributed by atoms with Crippen LogP contribution in [0, 0.1) is 5.92 Å². The number of amides is 1. The summed E-state index contributed by atoms with van der Waals surface area (Å²) in [5.41, 5.74) is 1.81. The van der Waals surface area contributed by atoms with Gasteiger partial charge in [0.05, 0.1) is 12.7 Å². The first-order chi connectivity index (χ1) is 13.2. The van der Waals surface area contributed by atoms with E-state index in [1.54, 1.807) is 13.2 Å². The molecule has 7 heteroatoms. The fourth-order valence-electron chi connectivity index (χ4n) is 2.30. The predicted molar refractivity (Wildman–Crippen MR) is 112 cm³/mol. The van der Waals surface area contributed by atoms with Gasteiger partial charge in [-0.05, 0) is 17.7 Å². The molecule has 1 amide bonds. The molecule has 0 aliphatic carbocycles. The molecule has 1 aromatic heterocycles. The third kappa shape index (κ3) is 6.40. The van der Waals surface area contributed by atoms with Crippen molar-refractivity contribution in [2.45, 2.75) is 53.1 Å². The molecule has 0 aliphatic rings. The summed E-state index contributed by atoms with van der Waals surface area (Å²) in [5, 5.41) is 9.33. The normalized spacial score (nSPS) is 12.2. The van der Waals surface area contributed by atoms with Crippen molar-refractivity contribution in [3.05, 3.63) is 47.7 Å². The molecule has 0 atom stereocenters. The summed E-state index contributed by atoms with van der Waals surface area (Å²) >= 11 is 0. The number of guanidine groups is 1. The number of benzene rings is 1. The summed E-state index contributed by atoms with van der Waals surface area (Å²) in [5.74, 6) is 2.11. The number of hydrogen-bond donors (Lipinski definition) is 3. The van der Waals surface area contributed by atoms with E-state index in [0.717, 1.165) is 17.0 Å². The number of nitrogens with one attached hydrogen (secondary N) is 3. The Morgan fingerprint density at radius 1 is 1.14 bits per heavy atom. The number of carbonyl (C=O) groups excluding carboxylic acids is 1. The summed E-state index contributed by atoms with van der Waals surface area (Å²) in [6.45, 7) is 11.1. The van der Waals surface area contributed by atoms with E-state index in [-0.39, 0.29) is 17.2 Å². The van der Waals surface area contributed by atoms with Crippen molar-refractivity contribution in [3.8, 4) is 0 Å². The van der Waals surface area contributed by atoms with E-state index in [0.29, 0.717) is 24.9 Å². The Kier molecular flexibility index (Phi) is 7.20. The minimum absolute atomic E-state index is 0.0108. The molecular formula is C21H31N5O2. The molecule has 1 heterocycles. The Bertz CT molecular complexity index is 801. The number of carbonyl (C=O) groups is 1. The summed E-state index contributed by atoms with van der Waals surface area (Å²) < 4.78 is 5.78. The molecule has 7 nitrogen and oxygen atoms in total. The van der Waals surface area contributed by atoms with Crippen molar-refractivity contribution in [1.29, 1.82) is 0 Å². The van der Waals surface area contributed by atoms with Gasteiger partial charge in [-0.1, -0.05) is 46.8 Å². The van der Waals surface area contributed by atoms with Gasteiger partial charge in [-0.25, -0.2) is 4.98 Å². The van der Waals surface area contributed by atoms with Crippen LogP contribution in [0.25, 0.3) is 0 Å². The molecule has 1 aromatic carbocycles. The maximum Gasteiger partial charge on any atom is 0.226 e. The Labute approximate surface area is 167 Å². The highest BCUT2D eigenvalue weighted by Crippen LogP contribution is 2.22. The minimum Gasteiger partial charge on any atom is -0.443 e. The first-order valence-electron chi connectivity index (χ1n) is 9.48. The van der Waals surface area contributed by atoms with Gasteiger partial charge in [-0.15, -0.1) is 0 Å². The molecule has 152 valence electrons. The van der Waals surface area contributed by atoms with E-state index in [2.05, 4.69) is 46.7 Å². The zero-order valence-electron chi connectivity index (χ0n) is 17.6. The number of anilines is 1. The van der Waals surface area contributed by atoms with Gasteiger partial charge in [-0.2, -0.15) is 0 Å². The highest BCUT2D eigenvalue weighted by Gasteiger charge is 2.19. The second kappa shape index (κ2) is 9.39. The average molecular weight is 386 g/mol. The number of nitrogens with zero attached hydrogens (tertiary/aromatic N) is 2. The van der Waals surface area contributed by atoms with E-state index >= 15 is 0 Å². The highest BCUT2D eigenvalue weighted by atomic mass is 16.4. The van der Waals surface area contributed by atoms with Crippen LogP contribution in [0.4, 0.5) is 5.69 Å². The number of oxazole rings is 1. The second-order valence-corrected chi connectivity index (χ2v) is 7.99. The second-order valence-electron chi connectivity index (χ2n) is 7.99. The standard InChI is InChI=1S/C21H31N5O2/c1-14(2)19(27)26-16-9-7-15(8-10-16)11-24-20(22-6)25-13-18-23-12-17(28-18)21(3,4)5/h7-10,12,14H,11,13H2,1-6H3,(H,26,27)(H2,22,24,25). The summed E-state index contributed by atoms with van der Waals surface area (Å²) in [7, 11) is 1.72. The van der Waals surface area contributed by atoms with E-state index < -0.39 is 0 Å². The van der Waals surface area contributed by atoms with Crippen LogP contribution in [0.15, 0.2) is 39.9 Å². The monoisotopic (exact) mass is 385 g/mol. The van der Waals surface area contributed by atoms with Gasteiger partial charge in [0.1, 0.15) is 5.76 Å². The molecule has 0 radical (unpaired) electrons. The highest BCUT2D eigenvalue weighted by molar-refractivity contribution is 5.92. The van der Waals surface area contributed by atoms with Gasteiger partial charge in [-0.3, -0.25) is 9.79 Å². The zero-order chi connectivity index (χ0) is 20.7. The zero-order valence-corrected chi connectivity index (χ0v) is 17.6. The average Bonchev–Trinajstić information content (AvgIpc) is 3.12. The van der Waals surface area contributed by atoms with Crippen molar-refractivity contribution >= 4 is 17.6 Å². The Balaban J connectivity index is 1.83. The molecule has 2 aromatic rings. The third-order valence-corrected chi connectivity index (χ3v) is 4.13. The lowest BCUT2D eigenvalue weighted by atomic mass is 9.94. The van der Waals surface area contributed by atoms with Crippen molar-refractivity contribution in [1.82, 2.24) is 15.6 Å². The largest absolute Gasteiger partial charge is 0.443 e. The van der Waals surface area contributed by atoms with Crippen molar-refractivity contribution < 1.29 is 9.21 Å². The lowest BCUT2D eigenvalue weighted by molar-refractivity contribution is -0.118. The van der Waals surface area contributed by atoms with Crippen LogP contribution < -0.4 is 16.0 Å². The molecule has 0 saturated heterocycles. The summed E-state index contributed by atoms with van der Waals surface area (Å²) in [6.07, 6.45) is 1.77. The number of rotatable bonds is 6. The Hall–Kier alpha value is -2.83. The SMILES string of the molecule is CN=C(NCc1ccc(NC(=O)C(C)C)cc1)NCc1ncc(C(C)(C)C)o1. The summed E-state index contributed by atoms with van der Waals surface area (Å²) in [4.78, 5) is 20.3. The molecule has 3 N–H and O–H groups in total. The van der Waals surface area contributed by atoms with Crippen molar-refractivity contribution in [2.24, 2.45) is 10.9 Å². The van der Waals surface area contributed by atoms with Crippen LogP contribution in [0.1, 0.15) is 51.8 Å². The molecule has 0 unspecified atom stereocenters. The molecule has 0 fully saturated rings. The van der Waals surface area contributed by atoms with Crippen LogP contribution in [0.5, 0.6) is 0 Å². The van der Waals surface area contributed by atoms with Crippen LogP contribution in [-0.4, -0.2) is 23.9 Å². The van der Waals surface area contributed by atoms with Crippen LogP contribution in [-0.2, 0) is 23.3 Å². The first-order valence-corrected chi connectivity index (χ1v) is 9.48. The maximum absolute atomic E-state index is 11.7. The van der Waals surface area contributed by atoms with E-state index in [4.69, 9.17) is 4.42 Å². The van der Waals surface area contributed by atoms with Crippen LogP contribution in [0.2, 0.25) is 0 Å². The molecule has 0 saturated carbocycles. The van der Waals surface area contributed by atoms with Gasteiger partial charge >= 0.3 is 0 Å². The Morgan fingerprint density at radius 3 is 2.32 bits per heavy atom. The van der Waals surface area contributed by atoms with E-state index in [9.17, 15) is 4.79 Å². The van der Waals surface area contributed by atoms with Crippen LogP contribution in [0.3, 0.4) is 0 Å². The molecule has 0 bridgehead atoms. The maximum atomic E-state index is 11.7. The quantitative estimate of drug-likeness (QED) is 0.523. The lowest BCUT2D eigenvalue weighted by Gasteiger charge is -2.13. The van der Waals surface area contributed by atoms with Crippen LogP contribution >= 0.6 is 0 Å². The van der Waals surface area contributed by atoms with Crippen molar-refractivity contribution in [3.63, 3.8) is 0 Å².